The molecule has 1 fully saturated rings. The molecular weight excluding hydrogens is 374 g/mol. The van der Waals surface area contributed by atoms with E-state index in [-0.39, 0.29) is 18.8 Å². The summed E-state index contributed by atoms with van der Waals surface area (Å²) < 4.78 is 5.33. The number of hydrogen-bond acceptors (Lipinski definition) is 6. The summed E-state index contributed by atoms with van der Waals surface area (Å²) in [6.07, 6.45) is 2.38. The number of carboxylic acids is 1. The Bertz CT molecular complexity index is 843. The number of carbonyl (C=O) groups is 2. The number of esters is 1. The van der Waals surface area contributed by atoms with Gasteiger partial charge in [0.1, 0.15) is 12.9 Å². The zero-order valence-corrected chi connectivity index (χ0v) is 16.8. The van der Waals surface area contributed by atoms with Crippen LogP contribution in [0.3, 0.4) is 0 Å². The van der Waals surface area contributed by atoms with Crippen LogP contribution in [0.2, 0.25) is 0 Å². The molecule has 0 spiro atoms. The molecule has 1 aromatic rings. The van der Waals surface area contributed by atoms with Gasteiger partial charge >= 0.3 is 11.9 Å². The molecular formula is C22H27NO6. The van der Waals surface area contributed by atoms with Crippen LogP contribution in [0.25, 0.3) is 5.57 Å². The van der Waals surface area contributed by atoms with Gasteiger partial charge in [-0.3, -0.25) is 9.59 Å². The number of hydrogen-bond donors (Lipinski definition) is 2. The second kappa shape index (κ2) is 9.22. The molecule has 2 aliphatic carbocycles. The molecule has 0 amide bonds. The van der Waals surface area contributed by atoms with Crippen molar-refractivity contribution in [3.8, 4) is 5.75 Å². The van der Waals surface area contributed by atoms with Gasteiger partial charge in [0.15, 0.2) is 0 Å². The topological polar surface area (TPSA) is 105 Å². The van der Waals surface area contributed by atoms with Gasteiger partial charge < -0.3 is 19.8 Å². The van der Waals surface area contributed by atoms with Crippen molar-refractivity contribution in [3.63, 3.8) is 0 Å². The van der Waals surface area contributed by atoms with Crippen LogP contribution in [-0.2, 0) is 14.4 Å². The molecule has 7 heteroatoms. The van der Waals surface area contributed by atoms with E-state index in [4.69, 9.17) is 14.7 Å². The Morgan fingerprint density at radius 1 is 1.24 bits per heavy atom. The number of ether oxygens (including phenoxy) is 1. The number of oxime groups is 1. The normalized spacial score (nSPS) is 23.8. The number of carbonyl (C=O) groups excluding carboxylic acids is 1. The first-order valence-corrected chi connectivity index (χ1v) is 9.97. The average Bonchev–Trinajstić information content (AvgIpc) is 2.99. The van der Waals surface area contributed by atoms with Crippen LogP contribution in [0.1, 0.15) is 51.0 Å². The standard InChI is InChI=1S/C22H27NO6/c1-3-18(23-28-2)22-16(9-13-10-17(22)19(24)11-13)14-5-4-6-15(12-14)29-21(27)8-7-20(25)26/h4-6,12-13,17,19,24H,3,7-11H2,1-2H3,(H,25,26)/t13?,17-,19?/m0/s1. The summed E-state index contributed by atoms with van der Waals surface area (Å²) in [6, 6.07) is 7.25. The number of rotatable bonds is 8. The maximum absolute atomic E-state index is 11.9. The Hall–Kier alpha value is -2.67. The first-order chi connectivity index (χ1) is 13.9. The Morgan fingerprint density at radius 2 is 2.03 bits per heavy atom. The fourth-order valence-corrected chi connectivity index (χ4v) is 4.43. The molecule has 2 aliphatic rings. The van der Waals surface area contributed by atoms with Crippen molar-refractivity contribution in [1.82, 2.24) is 0 Å². The molecule has 0 aliphatic heterocycles. The number of aliphatic hydroxyl groups is 1. The van der Waals surface area contributed by atoms with Crippen molar-refractivity contribution in [2.45, 2.75) is 51.6 Å². The molecule has 3 atom stereocenters. The highest BCUT2D eigenvalue weighted by molar-refractivity contribution is 6.07. The molecule has 0 saturated heterocycles. The minimum atomic E-state index is -1.04. The molecule has 1 saturated carbocycles. The van der Waals surface area contributed by atoms with Crippen molar-refractivity contribution in [2.75, 3.05) is 7.11 Å². The van der Waals surface area contributed by atoms with Crippen molar-refractivity contribution in [3.05, 3.63) is 35.4 Å². The van der Waals surface area contributed by atoms with Gasteiger partial charge in [-0.05, 0) is 60.4 Å². The van der Waals surface area contributed by atoms with E-state index in [1.54, 1.807) is 12.1 Å². The maximum Gasteiger partial charge on any atom is 0.311 e. The lowest BCUT2D eigenvalue weighted by Gasteiger charge is -2.28. The van der Waals surface area contributed by atoms with Crippen molar-refractivity contribution < 1.29 is 29.4 Å². The SMILES string of the molecule is CCC(=NOC)C1=C(c2cccc(OC(=O)CCC(=O)O)c2)CC2CC(O)[C@@H]1C2. The van der Waals surface area contributed by atoms with Crippen molar-refractivity contribution >= 4 is 23.2 Å². The smallest absolute Gasteiger partial charge is 0.311 e. The first kappa shape index (κ1) is 21.0. The summed E-state index contributed by atoms with van der Waals surface area (Å²) >= 11 is 0. The van der Waals surface area contributed by atoms with Crippen LogP contribution in [0.15, 0.2) is 35.0 Å². The van der Waals surface area contributed by atoms with Crippen LogP contribution in [0, 0.1) is 11.8 Å². The maximum atomic E-state index is 11.9. The van der Waals surface area contributed by atoms with Gasteiger partial charge in [-0.1, -0.05) is 24.2 Å². The number of nitrogens with zero attached hydrogens (tertiary/aromatic N) is 1. The molecule has 2 bridgehead atoms. The first-order valence-electron chi connectivity index (χ1n) is 9.97. The molecule has 2 N–H and O–H groups in total. The van der Waals surface area contributed by atoms with Crippen molar-refractivity contribution in [2.24, 2.45) is 17.0 Å². The van der Waals surface area contributed by atoms with Crippen LogP contribution < -0.4 is 4.74 Å². The zero-order valence-electron chi connectivity index (χ0n) is 16.8. The van der Waals surface area contributed by atoms with E-state index in [1.165, 1.54) is 7.11 Å². The highest BCUT2D eigenvalue weighted by atomic mass is 16.6. The fourth-order valence-electron chi connectivity index (χ4n) is 4.43. The third-order valence-electron chi connectivity index (χ3n) is 5.62. The van der Waals surface area contributed by atoms with E-state index in [1.807, 2.05) is 19.1 Å². The van der Waals surface area contributed by atoms with Crippen LogP contribution in [0.4, 0.5) is 0 Å². The average molecular weight is 401 g/mol. The summed E-state index contributed by atoms with van der Waals surface area (Å²) in [6.45, 7) is 2.01. The minimum absolute atomic E-state index is 0.0272. The zero-order chi connectivity index (χ0) is 21.0. The Balaban J connectivity index is 1.94. The third kappa shape index (κ3) is 4.85. The van der Waals surface area contributed by atoms with Gasteiger partial charge in [0.05, 0.1) is 24.7 Å². The van der Waals surface area contributed by atoms with E-state index in [9.17, 15) is 14.7 Å². The van der Waals surface area contributed by atoms with E-state index in [0.29, 0.717) is 18.1 Å². The molecule has 2 unspecified atom stereocenters. The lowest BCUT2D eigenvalue weighted by molar-refractivity contribution is -0.142. The van der Waals surface area contributed by atoms with E-state index < -0.39 is 18.0 Å². The summed E-state index contributed by atoms with van der Waals surface area (Å²) in [5, 5.41) is 23.5. The van der Waals surface area contributed by atoms with E-state index in [0.717, 1.165) is 41.7 Å². The fraction of sp³-hybridized carbons (Fsp3) is 0.500. The Labute approximate surface area is 170 Å². The number of aliphatic carboxylic acids is 1. The van der Waals surface area contributed by atoms with Gasteiger partial charge in [-0.15, -0.1) is 0 Å². The highest BCUT2D eigenvalue weighted by Crippen LogP contribution is 2.49. The largest absolute Gasteiger partial charge is 0.481 e. The van der Waals surface area contributed by atoms with E-state index in [2.05, 4.69) is 5.16 Å². The number of aliphatic hydroxyl groups excluding tert-OH is 1. The molecule has 156 valence electrons. The third-order valence-corrected chi connectivity index (χ3v) is 5.62. The summed E-state index contributed by atoms with van der Waals surface area (Å²) in [7, 11) is 1.52. The quantitative estimate of drug-likeness (QED) is 0.299. The predicted octanol–water partition coefficient (Wildman–Crippen LogP) is 3.41. The summed E-state index contributed by atoms with van der Waals surface area (Å²) in [5.74, 6) is -0.792. The lowest BCUT2D eigenvalue weighted by atomic mass is 9.77. The number of benzene rings is 1. The Kier molecular flexibility index (Phi) is 6.69. The number of carboxylic acid groups (broad SMARTS) is 1. The monoisotopic (exact) mass is 401 g/mol. The van der Waals surface area contributed by atoms with Crippen molar-refractivity contribution in [1.29, 1.82) is 0 Å². The van der Waals surface area contributed by atoms with Gasteiger partial charge in [0.25, 0.3) is 0 Å². The van der Waals surface area contributed by atoms with Gasteiger partial charge in [-0.2, -0.15) is 0 Å². The molecule has 7 nitrogen and oxygen atoms in total. The Morgan fingerprint density at radius 3 is 2.72 bits per heavy atom. The summed E-state index contributed by atoms with van der Waals surface area (Å²) in [4.78, 5) is 27.6. The van der Waals surface area contributed by atoms with Gasteiger partial charge in [-0.25, -0.2) is 0 Å². The second-order valence-corrected chi connectivity index (χ2v) is 7.58. The van der Waals surface area contributed by atoms with Gasteiger partial charge in [0, 0.05) is 5.92 Å². The van der Waals surface area contributed by atoms with E-state index >= 15 is 0 Å². The van der Waals surface area contributed by atoms with Crippen LogP contribution >= 0.6 is 0 Å². The van der Waals surface area contributed by atoms with Crippen LogP contribution in [-0.4, -0.2) is 41.1 Å². The summed E-state index contributed by atoms with van der Waals surface area (Å²) in [5.41, 5.74) is 3.88. The molecule has 29 heavy (non-hydrogen) atoms. The number of fused-ring (bicyclic) bond motifs is 2. The van der Waals surface area contributed by atoms with Crippen LogP contribution in [0.5, 0.6) is 5.75 Å². The molecule has 0 aromatic heterocycles. The lowest BCUT2D eigenvalue weighted by Crippen LogP contribution is -2.23. The van der Waals surface area contributed by atoms with Gasteiger partial charge in [0.2, 0.25) is 0 Å². The molecule has 0 radical (unpaired) electrons. The number of allylic oxidation sites excluding steroid dienone is 1. The molecule has 3 rings (SSSR count). The molecule has 1 aromatic carbocycles. The second-order valence-electron chi connectivity index (χ2n) is 7.58. The molecule has 0 heterocycles. The minimum Gasteiger partial charge on any atom is -0.481 e. The predicted molar refractivity (Wildman–Crippen MR) is 107 cm³/mol. The highest BCUT2D eigenvalue weighted by Gasteiger charge is 2.42.